The molecule has 2 unspecified atom stereocenters. The Morgan fingerprint density at radius 1 is 1.38 bits per heavy atom. The van der Waals surface area contributed by atoms with Crippen LogP contribution >= 0.6 is 0 Å². The minimum atomic E-state index is -0.148. The summed E-state index contributed by atoms with van der Waals surface area (Å²) in [6.45, 7) is 6.61. The topological polar surface area (TPSA) is 35.5 Å². The molecule has 2 fully saturated rings. The molecule has 1 aliphatic carbocycles. The number of nitrogens with zero attached hydrogens (tertiary/aromatic N) is 1. The van der Waals surface area contributed by atoms with Crippen LogP contribution in [0.15, 0.2) is 0 Å². The average Bonchev–Trinajstić information content (AvgIpc) is 3.08. The SMILES string of the molecule is CC(O)CCN1CCCC(CNC2CC2)C1. The second-order valence-corrected chi connectivity index (χ2v) is 5.63. The van der Waals surface area contributed by atoms with E-state index in [0.29, 0.717) is 0 Å². The number of rotatable bonds is 6. The van der Waals surface area contributed by atoms with E-state index in [1.807, 2.05) is 6.92 Å². The van der Waals surface area contributed by atoms with Crippen molar-refractivity contribution < 1.29 is 5.11 Å². The third-order valence-corrected chi connectivity index (χ3v) is 3.74. The van der Waals surface area contributed by atoms with Crippen molar-refractivity contribution in [1.82, 2.24) is 10.2 Å². The Morgan fingerprint density at radius 3 is 2.88 bits per heavy atom. The summed E-state index contributed by atoms with van der Waals surface area (Å²) in [7, 11) is 0. The van der Waals surface area contributed by atoms with Gasteiger partial charge in [0.25, 0.3) is 0 Å². The van der Waals surface area contributed by atoms with Crippen LogP contribution in [0.25, 0.3) is 0 Å². The van der Waals surface area contributed by atoms with Gasteiger partial charge in [-0.2, -0.15) is 0 Å². The van der Waals surface area contributed by atoms with Gasteiger partial charge in [0.05, 0.1) is 6.10 Å². The molecule has 0 aromatic carbocycles. The van der Waals surface area contributed by atoms with E-state index in [1.54, 1.807) is 0 Å². The van der Waals surface area contributed by atoms with Crippen LogP contribution in [0, 0.1) is 5.92 Å². The molecule has 1 saturated heterocycles. The van der Waals surface area contributed by atoms with Crippen molar-refractivity contribution in [2.75, 3.05) is 26.2 Å². The van der Waals surface area contributed by atoms with Gasteiger partial charge in [-0.05, 0) is 58.0 Å². The van der Waals surface area contributed by atoms with E-state index < -0.39 is 0 Å². The fourth-order valence-corrected chi connectivity index (χ4v) is 2.51. The lowest BCUT2D eigenvalue weighted by atomic mass is 9.97. The standard InChI is InChI=1S/C13H26N2O/c1-11(16)6-8-15-7-2-3-12(10-15)9-14-13-4-5-13/h11-14,16H,2-10H2,1H3. The number of hydrogen-bond acceptors (Lipinski definition) is 3. The second-order valence-electron chi connectivity index (χ2n) is 5.63. The molecular formula is C13H26N2O. The third-order valence-electron chi connectivity index (χ3n) is 3.74. The van der Waals surface area contributed by atoms with Crippen molar-refractivity contribution in [3.05, 3.63) is 0 Å². The molecule has 2 atom stereocenters. The monoisotopic (exact) mass is 226 g/mol. The van der Waals surface area contributed by atoms with Gasteiger partial charge in [-0.3, -0.25) is 0 Å². The third kappa shape index (κ3) is 4.40. The lowest BCUT2D eigenvalue weighted by molar-refractivity contribution is 0.127. The van der Waals surface area contributed by atoms with Crippen molar-refractivity contribution in [2.45, 2.75) is 51.2 Å². The number of likely N-dealkylation sites (tertiary alicyclic amines) is 1. The molecule has 16 heavy (non-hydrogen) atoms. The first kappa shape index (κ1) is 12.3. The first-order valence-electron chi connectivity index (χ1n) is 6.88. The van der Waals surface area contributed by atoms with Crippen LogP contribution in [0.4, 0.5) is 0 Å². The molecule has 0 bridgehead atoms. The zero-order valence-corrected chi connectivity index (χ0v) is 10.5. The molecule has 3 heteroatoms. The maximum Gasteiger partial charge on any atom is 0.0524 e. The zero-order chi connectivity index (χ0) is 11.4. The highest BCUT2D eigenvalue weighted by Crippen LogP contribution is 2.21. The molecular weight excluding hydrogens is 200 g/mol. The Morgan fingerprint density at radius 2 is 2.19 bits per heavy atom. The van der Waals surface area contributed by atoms with Gasteiger partial charge in [-0.1, -0.05) is 0 Å². The molecule has 2 N–H and O–H groups in total. The van der Waals surface area contributed by atoms with Crippen LogP contribution in [0.5, 0.6) is 0 Å². The Balaban J connectivity index is 1.62. The van der Waals surface area contributed by atoms with Crippen molar-refractivity contribution in [3.8, 4) is 0 Å². The van der Waals surface area contributed by atoms with Crippen molar-refractivity contribution in [3.63, 3.8) is 0 Å². The van der Waals surface area contributed by atoms with Gasteiger partial charge in [-0.15, -0.1) is 0 Å². The van der Waals surface area contributed by atoms with Gasteiger partial charge in [0.1, 0.15) is 0 Å². The smallest absolute Gasteiger partial charge is 0.0524 e. The predicted octanol–water partition coefficient (Wildman–Crippen LogP) is 1.22. The highest BCUT2D eigenvalue weighted by Gasteiger charge is 2.24. The molecule has 0 aromatic rings. The van der Waals surface area contributed by atoms with Gasteiger partial charge in [-0.25, -0.2) is 0 Å². The predicted molar refractivity (Wildman–Crippen MR) is 66.5 cm³/mol. The van der Waals surface area contributed by atoms with Gasteiger partial charge in [0, 0.05) is 19.1 Å². The quantitative estimate of drug-likeness (QED) is 0.715. The van der Waals surface area contributed by atoms with Gasteiger partial charge >= 0.3 is 0 Å². The fraction of sp³-hybridized carbons (Fsp3) is 1.00. The maximum atomic E-state index is 9.29. The summed E-state index contributed by atoms with van der Waals surface area (Å²) in [5.74, 6) is 0.836. The summed E-state index contributed by atoms with van der Waals surface area (Å²) in [6, 6.07) is 0.841. The number of hydrogen-bond donors (Lipinski definition) is 2. The number of piperidine rings is 1. The number of nitrogens with one attached hydrogen (secondary N) is 1. The van der Waals surface area contributed by atoms with E-state index in [2.05, 4.69) is 10.2 Å². The van der Waals surface area contributed by atoms with Crippen molar-refractivity contribution in [2.24, 2.45) is 5.92 Å². The van der Waals surface area contributed by atoms with E-state index >= 15 is 0 Å². The molecule has 0 radical (unpaired) electrons. The lowest BCUT2D eigenvalue weighted by Gasteiger charge is -2.33. The molecule has 0 spiro atoms. The Bertz CT molecular complexity index is 192. The minimum absolute atomic E-state index is 0.148. The largest absolute Gasteiger partial charge is 0.393 e. The van der Waals surface area contributed by atoms with E-state index in [1.165, 1.54) is 45.3 Å². The van der Waals surface area contributed by atoms with Crippen LogP contribution in [0.1, 0.15) is 39.0 Å². The summed E-state index contributed by atoms with van der Waals surface area (Å²) in [5.41, 5.74) is 0. The zero-order valence-electron chi connectivity index (χ0n) is 10.5. The van der Waals surface area contributed by atoms with Gasteiger partial charge < -0.3 is 15.3 Å². The van der Waals surface area contributed by atoms with Gasteiger partial charge in [0.15, 0.2) is 0 Å². The summed E-state index contributed by atoms with van der Waals surface area (Å²) < 4.78 is 0. The molecule has 2 aliphatic rings. The Hall–Kier alpha value is -0.120. The summed E-state index contributed by atoms with van der Waals surface area (Å²) in [4.78, 5) is 2.52. The van der Waals surface area contributed by atoms with E-state index in [9.17, 15) is 5.11 Å². The molecule has 1 saturated carbocycles. The molecule has 0 amide bonds. The fourth-order valence-electron chi connectivity index (χ4n) is 2.51. The summed E-state index contributed by atoms with van der Waals surface area (Å²) in [6.07, 6.45) is 6.26. The number of aliphatic hydroxyl groups is 1. The molecule has 94 valence electrons. The molecule has 1 aliphatic heterocycles. The molecule has 3 nitrogen and oxygen atoms in total. The average molecular weight is 226 g/mol. The highest BCUT2D eigenvalue weighted by atomic mass is 16.3. The Labute approximate surface area is 99.2 Å². The van der Waals surface area contributed by atoms with Crippen LogP contribution in [-0.2, 0) is 0 Å². The maximum absolute atomic E-state index is 9.29. The minimum Gasteiger partial charge on any atom is -0.393 e. The molecule has 1 heterocycles. The van der Waals surface area contributed by atoms with E-state index in [4.69, 9.17) is 0 Å². The molecule has 2 rings (SSSR count). The lowest BCUT2D eigenvalue weighted by Crippen LogP contribution is -2.41. The normalized spacial score (nSPS) is 29.2. The van der Waals surface area contributed by atoms with Crippen LogP contribution in [0.2, 0.25) is 0 Å². The van der Waals surface area contributed by atoms with E-state index in [-0.39, 0.29) is 6.10 Å². The van der Waals surface area contributed by atoms with Crippen LogP contribution in [-0.4, -0.2) is 48.3 Å². The van der Waals surface area contributed by atoms with Crippen molar-refractivity contribution in [1.29, 1.82) is 0 Å². The molecule has 0 aromatic heterocycles. The summed E-state index contributed by atoms with van der Waals surface area (Å²) >= 11 is 0. The van der Waals surface area contributed by atoms with Crippen molar-refractivity contribution >= 4 is 0 Å². The van der Waals surface area contributed by atoms with Crippen LogP contribution in [0.3, 0.4) is 0 Å². The first-order valence-corrected chi connectivity index (χ1v) is 6.88. The second kappa shape index (κ2) is 5.99. The summed E-state index contributed by atoms with van der Waals surface area (Å²) in [5, 5.41) is 12.9. The van der Waals surface area contributed by atoms with Gasteiger partial charge in [0.2, 0.25) is 0 Å². The van der Waals surface area contributed by atoms with E-state index in [0.717, 1.165) is 24.9 Å². The highest BCUT2D eigenvalue weighted by molar-refractivity contribution is 4.83. The Kier molecular flexibility index (Phi) is 4.62. The van der Waals surface area contributed by atoms with Crippen LogP contribution < -0.4 is 5.32 Å². The number of aliphatic hydroxyl groups excluding tert-OH is 1. The first-order chi connectivity index (χ1) is 7.74.